The van der Waals surface area contributed by atoms with Gasteiger partial charge in [-0.3, -0.25) is 0 Å². The van der Waals surface area contributed by atoms with Crippen molar-refractivity contribution in [2.75, 3.05) is 7.11 Å². The van der Waals surface area contributed by atoms with Gasteiger partial charge in [-0.25, -0.2) is 0 Å². The van der Waals surface area contributed by atoms with Crippen LogP contribution in [0.3, 0.4) is 0 Å². The molecule has 3 heteroatoms. The summed E-state index contributed by atoms with van der Waals surface area (Å²) in [5, 5.41) is 0. The fourth-order valence-corrected chi connectivity index (χ4v) is 0.577. The van der Waals surface area contributed by atoms with E-state index in [1.807, 2.05) is 13.0 Å². The first-order chi connectivity index (χ1) is 5.13. The molecular formula is C8H14N2O. The van der Waals surface area contributed by atoms with Crippen LogP contribution in [0.4, 0.5) is 0 Å². The molecule has 0 aliphatic heterocycles. The Morgan fingerprint density at radius 2 is 2.00 bits per heavy atom. The molecule has 0 heterocycles. The molecule has 0 unspecified atom stereocenters. The monoisotopic (exact) mass is 154 g/mol. The minimum Gasteiger partial charge on any atom is -0.495 e. The van der Waals surface area contributed by atoms with Crippen LogP contribution in [-0.2, 0) is 4.74 Å². The number of methoxy groups -OCH3 is 1. The SMILES string of the molecule is C=C(N)/C(N)=C(\C=C/C)OC. The summed E-state index contributed by atoms with van der Waals surface area (Å²) in [4.78, 5) is 0. The lowest BCUT2D eigenvalue weighted by Crippen LogP contribution is -2.11. The molecule has 62 valence electrons. The minimum absolute atomic E-state index is 0.319. The minimum atomic E-state index is 0.319. The van der Waals surface area contributed by atoms with Crippen molar-refractivity contribution in [2.45, 2.75) is 6.92 Å². The Labute approximate surface area is 67.0 Å². The van der Waals surface area contributed by atoms with Gasteiger partial charge >= 0.3 is 0 Å². The van der Waals surface area contributed by atoms with E-state index in [4.69, 9.17) is 16.2 Å². The Hall–Kier alpha value is -1.38. The lowest BCUT2D eigenvalue weighted by Gasteiger charge is -2.05. The van der Waals surface area contributed by atoms with Crippen molar-refractivity contribution in [2.24, 2.45) is 11.5 Å². The number of hydrogen-bond donors (Lipinski definition) is 2. The van der Waals surface area contributed by atoms with Crippen molar-refractivity contribution in [1.29, 1.82) is 0 Å². The number of rotatable bonds is 3. The topological polar surface area (TPSA) is 61.3 Å². The average Bonchev–Trinajstić information content (AvgIpc) is 1.98. The molecule has 0 atom stereocenters. The van der Waals surface area contributed by atoms with Crippen LogP contribution in [0.1, 0.15) is 6.92 Å². The van der Waals surface area contributed by atoms with Gasteiger partial charge in [0.1, 0.15) is 5.76 Å². The van der Waals surface area contributed by atoms with E-state index < -0.39 is 0 Å². The van der Waals surface area contributed by atoms with Crippen LogP contribution in [0.2, 0.25) is 0 Å². The Morgan fingerprint density at radius 3 is 2.27 bits per heavy atom. The van der Waals surface area contributed by atoms with Gasteiger partial charge in [0.2, 0.25) is 0 Å². The van der Waals surface area contributed by atoms with E-state index >= 15 is 0 Å². The van der Waals surface area contributed by atoms with E-state index in [-0.39, 0.29) is 0 Å². The zero-order valence-electron chi connectivity index (χ0n) is 6.92. The van der Waals surface area contributed by atoms with Crippen LogP contribution in [0.15, 0.2) is 35.9 Å². The fraction of sp³-hybridized carbons (Fsp3) is 0.250. The highest BCUT2D eigenvalue weighted by atomic mass is 16.5. The number of allylic oxidation sites excluding steroid dienone is 2. The third kappa shape index (κ3) is 2.80. The molecule has 0 saturated carbocycles. The summed E-state index contributed by atoms with van der Waals surface area (Å²) in [6, 6.07) is 0. The number of ether oxygens (including phenoxy) is 1. The van der Waals surface area contributed by atoms with Crippen LogP contribution in [0.25, 0.3) is 0 Å². The summed E-state index contributed by atoms with van der Waals surface area (Å²) in [5.41, 5.74) is 11.6. The molecule has 3 nitrogen and oxygen atoms in total. The molecule has 0 aromatic rings. The second kappa shape index (κ2) is 4.44. The van der Waals surface area contributed by atoms with Crippen LogP contribution in [0, 0.1) is 0 Å². The highest BCUT2D eigenvalue weighted by Crippen LogP contribution is 2.05. The summed E-state index contributed by atoms with van der Waals surface area (Å²) in [5.74, 6) is 0.542. The van der Waals surface area contributed by atoms with Gasteiger partial charge in [-0.15, -0.1) is 0 Å². The second-order valence-electron chi connectivity index (χ2n) is 2.01. The van der Waals surface area contributed by atoms with Crippen molar-refractivity contribution >= 4 is 0 Å². The predicted octanol–water partition coefficient (Wildman–Crippen LogP) is 0.852. The molecule has 0 amide bonds. The number of nitrogens with two attached hydrogens (primary N) is 2. The summed E-state index contributed by atoms with van der Waals surface area (Å²) in [6.07, 6.45) is 3.54. The van der Waals surface area contributed by atoms with Crippen molar-refractivity contribution < 1.29 is 4.74 Å². The van der Waals surface area contributed by atoms with E-state index in [1.165, 1.54) is 7.11 Å². The molecule has 0 fully saturated rings. The normalized spacial score (nSPS) is 12.9. The maximum atomic E-state index is 5.54. The van der Waals surface area contributed by atoms with Crippen molar-refractivity contribution in [1.82, 2.24) is 0 Å². The first kappa shape index (κ1) is 9.62. The van der Waals surface area contributed by atoms with Gasteiger partial charge in [-0.05, 0) is 13.0 Å². The van der Waals surface area contributed by atoms with Gasteiger partial charge in [-0.2, -0.15) is 0 Å². The van der Waals surface area contributed by atoms with E-state index in [9.17, 15) is 0 Å². The highest BCUT2D eigenvalue weighted by Gasteiger charge is 1.99. The molecule has 0 rings (SSSR count). The third-order valence-electron chi connectivity index (χ3n) is 1.15. The lowest BCUT2D eigenvalue weighted by atomic mass is 10.3. The zero-order chi connectivity index (χ0) is 8.85. The third-order valence-corrected chi connectivity index (χ3v) is 1.15. The van der Waals surface area contributed by atoms with Crippen LogP contribution < -0.4 is 11.5 Å². The smallest absolute Gasteiger partial charge is 0.143 e. The first-order valence-electron chi connectivity index (χ1n) is 3.24. The van der Waals surface area contributed by atoms with Gasteiger partial charge in [-0.1, -0.05) is 12.7 Å². The molecule has 0 spiro atoms. The molecule has 0 aromatic carbocycles. The van der Waals surface area contributed by atoms with Crippen molar-refractivity contribution in [3.05, 3.63) is 35.9 Å². The standard InChI is InChI=1S/C8H14N2O/c1-4-5-7(11-3)8(10)6(2)9/h4-5H,2,9-10H2,1,3H3/b5-4-,8-7-. The van der Waals surface area contributed by atoms with Gasteiger partial charge in [0, 0.05) is 0 Å². The van der Waals surface area contributed by atoms with E-state index in [0.29, 0.717) is 17.2 Å². The summed E-state index contributed by atoms with van der Waals surface area (Å²) in [7, 11) is 1.53. The second-order valence-corrected chi connectivity index (χ2v) is 2.01. The van der Waals surface area contributed by atoms with Gasteiger partial charge in [0.15, 0.2) is 0 Å². The molecule has 0 saturated heterocycles. The molecule has 0 radical (unpaired) electrons. The Kier molecular flexibility index (Phi) is 3.88. The first-order valence-corrected chi connectivity index (χ1v) is 3.24. The maximum Gasteiger partial charge on any atom is 0.143 e. The summed E-state index contributed by atoms with van der Waals surface area (Å²) < 4.78 is 4.94. The summed E-state index contributed by atoms with van der Waals surface area (Å²) >= 11 is 0. The highest BCUT2D eigenvalue weighted by molar-refractivity contribution is 5.30. The Balaban J connectivity index is 4.67. The molecule has 0 aliphatic rings. The zero-order valence-corrected chi connectivity index (χ0v) is 6.92. The van der Waals surface area contributed by atoms with E-state index in [2.05, 4.69) is 6.58 Å². The van der Waals surface area contributed by atoms with Crippen molar-refractivity contribution in [3.63, 3.8) is 0 Å². The van der Waals surface area contributed by atoms with Crippen LogP contribution in [-0.4, -0.2) is 7.11 Å². The van der Waals surface area contributed by atoms with E-state index in [1.54, 1.807) is 6.08 Å². The Bertz CT molecular complexity index is 204. The van der Waals surface area contributed by atoms with Crippen LogP contribution in [0.5, 0.6) is 0 Å². The molecule has 0 aromatic heterocycles. The fourth-order valence-electron chi connectivity index (χ4n) is 0.577. The molecule has 11 heavy (non-hydrogen) atoms. The maximum absolute atomic E-state index is 5.54. The van der Waals surface area contributed by atoms with Crippen molar-refractivity contribution in [3.8, 4) is 0 Å². The molecule has 0 aliphatic carbocycles. The van der Waals surface area contributed by atoms with Crippen LogP contribution >= 0.6 is 0 Å². The van der Waals surface area contributed by atoms with Gasteiger partial charge < -0.3 is 16.2 Å². The van der Waals surface area contributed by atoms with E-state index in [0.717, 1.165) is 0 Å². The largest absolute Gasteiger partial charge is 0.495 e. The quantitative estimate of drug-likeness (QED) is 0.468. The molecular weight excluding hydrogens is 140 g/mol. The van der Waals surface area contributed by atoms with Gasteiger partial charge in [0.25, 0.3) is 0 Å². The van der Waals surface area contributed by atoms with Gasteiger partial charge in [0.05, 0.1) is 18.5 Å². The summed E-state index contributed by atoms with van der Waals surface area (Å²) in [6.45, 7) is 5.35. The lowest BCUT2D eigenvalue weighted by molar-refractivity contribution is 0.302. The number of hydrogen-bond acceptors (Lipinski definition) is 3. The molecule has 0 bridgehead atoms. The Morgan fingerprint density at radius 1 is 1.45 bits per heavy atom. The predicted molar refractivity (Wildman–Crippen MR) is 46.4 cm³/mol. The molecule has 4 N–H and O–H groups in total. The average molecular weight is 154 g/mol.